The number of aliphatic hydroxyl groups is 1. The maximum Gasteiger partial charge on any atom is 0.305 e. The molecule has 58 heavy (non-hydrogen) atoms. The van der Waals surface area contributed by atoms with E-state index < -0.39 is 0 Å². The number of aliphatic hydroxyl groups excluding tert-OH is 1. The molecule has 6 nitrogen and oxygen atoms in total. The number of esters is 2. The largest absolute Gasteiger partial charge is 0.465 e. The molecule has 0 aromatic rings. The van der Waals surface area contributed by atoms with Gasteiger partial charge >= 0.3 is 11.9 Å². The average Bonchev–Trinajstić information content (AvgIpc) is 3.22. The highest BCUT2D eigenvalue weighted by Crippen LogP contribution is 2.24. The Morgan fingerprint density at radius 2 is 0.724 bits per heavy atom. The van der Waals surface area contributed by atoms with E-state index in [1.807, 2.05) is 0 Å². The number of ether oxygens (including phenoxy) is 2. The number of unbranched alkanes of at least 4 members (excludes halogenated alkanes) is 21. The first-order valence-corrected chi connectivity index (χ1v) is 26.0. The van der Waals surface area contributed by atoms with Gasteiger partial charge in [-0.3, -0.25) is 9.59 Å². The predicted octanol–water partition coefficient (Wildman–Crippen LogP) is 15.4. The summed E-state index contributed by atoms with van der Waals surface area (Å²) >= 11 is 0. The van der Waals surface area contributed by atoms with Crippen LogP contribution in [-0.4, -0.2) is 61.9 Å². The highest BCUT2D eigenvalue weighted by Gasteiger charge is 2.15. The molecule has 0 aliphatic heterocycles. The van der Waals surface area contributed by atoms with E-state index in [1.165, 1.54) is 173 Å². The molecule has 2 atom stereocenters. The zero-order chi connectivity index (χ0) is 42.6. The third-order valence-corrected chi connectivity index (χ3v) is 12.7. The van der Waals surface area contributed by atoms with E-state index in [9.17, 15) is 14.7 Å². The van der Waals surface area contributed by atoms with Crippen LogP contribution in [0.4, 0.5) is 0 Å². The van der Waals surface area contributed by atoms with E-state index in [-0.39, 0.29) is 18.5 Å². The number of nitrogens with zero attached hydrogens (tertiary/aromatic N) is 1. The molecule has 0 aliphatic rings. The van der Waals surface area contributed by atoms with Crippen LogP contribution in [0, 0.1) is 17.8 Å². The zero-order valence-electron chi connectivity index (χ0n) is 40.0. The molecule has 0 fully saturated rings. The minimum Gasteiger partial charge on any atom is -0.465 e. The molecule has 0 rings (SSSR count). The Morgan fingerprint density at radius 1 is 0.397 bits per heavy atom. The highest BCUT2D eigenvalue weighted by atomic mass is 16.5. The molecule has 0 bridgehead atoms. The molecule has 0 aromatic heterocycles. The van der Waals surface area contributed by atoms with E-state index in [4.69, 9.17) is 9.47 Å². The summed E-state index contributed by atoms with van der Waals surface area (Å²) in [6.45, 7) is 12.7. The minimum absolute atomic E-state index is 0.00128. The molecule has 0 aromatic carbocycles. The Labute approximate surface area is 362 Å². The van der Waals surface area contributed by atoms with Crippen LogP contribution in [0.15, 0.2) is 0 Å². The summed E-state index contributed by atoms with van der Waals surface area (Å²) in [5.74, 6) is 1.72. The zero-order valence-corrected chi connectivity index (χ0v) is 40.0. The Morgan fingerprint density at radius 3 is 1.10 bits per heavy atom. The molecule has 1 N–H and O–H groups in total. The van der Waals surface area contributed by atoms with Crippen LogP contribution in [0.5, 0.6) is 0 Å². The Kier molecular flexibility index (Phi) is 44.5. The average molecular weight is 822 g/mol. The summed E-state index contributed by atoms with van der Waals surface area (Å²) < 4.78 is 11.7. The summed E-state index contributed by atoms with van der Waals surface area (Å²) in [6, 6.07) is 0. The maximum absolute atomic E-state index is 12.7. The van der Waals surface area contributed by atoms with E-state index in [0.29, 0.717) is 43.8 Å². The molecule has 0 saturated heterocycles. The second kappa shape index (κ2) is 45.4. The monoisotopic (exact) mass is 822 g/mol. The van der Waals surface area contributed by atoms with Gasteiger partial charge in [0.05, 0.1) is 13.2 Å². The molecule has 0 spiro atoms. The molecule has 0 aliphatic carbocycles. The van der Waals surface area contributed by atoms with Crippen LogP contribution in [0.1, 0.15) is 265 Å². The standard InChI is InChI=1S/C52H103NO5/c1-6-10-14-18-20-26-38-49(36-24-16-12-8-3)46-57-51(55)40-30-22-28-34-48(42-44-53(5)43-32-33-45-54)35-29-23-31-41-52(56)58-47-50(37-25-17-13-9-4)39-27-21-19-15-11-7-2/h48-50,54H,6-47H2,1-5H3. The fourth-order valence-electron chi connectivity index (χ4n) is 8.53. The van der Waals surface area contributed by atoms with Crippen molar-refractivity contribution in [3.8, 4) is 0 Å². The maximum atomic E-state index is 12.7. The van der Waals surface area contributed by atoms with Gasteiger partial charge in [0, 0.05) is 19.4 Å². The van der Waals surface area contributed by atoms with Gasteiger partial charge < -0.3 is 19.5 Å². The van der Waals surface area contributed by atoms with Crippen LogP contribution in [0.3, 0.4) is 0 Å². The quantitative estimate of drug-likeness (QED) is 0.0487. The van der Waals surface area contributed by atoms with Gasteiger partial charge in [-0.25, -0.2) is 0 Å². The van der Waals surface area contributed by atoms with Crippen molar-refractivity contribution in [2.24, 2.45) is 17.8 Å². The molecule has 0 radical (unpaired) electrons. The van der Waals surface area contributed by atoms with Crippen molar-refractivity contribution < 1.29 is 24.2 Å². The number of hydrogen-bond acceptors (Lipinski definition) is 6. The molecular weight excluding hydrogens is 719 g/mol. The van der Waals surface area contributed by atoms with Crippen LogP contribution in [0.2, 0.25) is 0 Å². The summed E-state index contributed by atoms with van der Waals surface area (Å²) in [6.07, 6.45) is 43.8. The van der Waals surface area contributed by atoms with Gasteiger partial charge in [0.1, 0.15) is 0 Å². The lowest BCUT2D eigenvalue weighted by atomic mass is 9.91. The van der Waals surface area contributed by atoms with Crippen LogP contribution in [0.25, 0.3) is 0 Å². The lowest BCUT2D eigenvalue weighted by Gasteiger charge is -2.22. The van der Waals surface area contributed by atoms with Gasteiger partial charge in [-0.2, -0.15) is 0 Å². The molecule has 0 amide bonds. The number of carbonyl (C=O) groups excluding carboxylic acids is 2. The van der Waals surface area contributed by atoms with Crippen molar-refractivity contribution in [1.82, 2.24) is 4.90 Å². The van der Waals surface area contributed by atoms with E-state index in [2.05, 4.69) is 39.6 Å². The van der Waals surface area contributed by atoms with Crippen molar-refractivity contribution in [3.63, 3.8) is 0 Å². The first-order valence-electron chi connectivity index (χ1n) is 26.0. The normalized spacial score (nSPS) is 13.2. The fourth-order valence-corrected chi connectivity index (χ4v) is 8.53. The third kappa shape index (κ3) is 40.3. The molecule has 0 heterocycles. The second-order valence-electron chi connectivity index (χ2n) is 18.5. The van der Waals surface area contributed by atoms with Crippen LogP contribution < -0.4 is 0 Å². The van der Waals surface area contributed by atoms with Crippen molar-refractivity contribution >= 4 is 11.9 Å². The van der Waals surface area contributed by atoms with Crippen molar-refractivity contribution in [2.45, 2.75) is 265 Å². The number of rotatable bonds is 47. The SMILES string of the molecule is CCCCCCCCC(CCCCCC)COC(=O)CCCCCC(CCCCCC(=O)OCC(CCCCCC)CCCCCCCC)CCN(C)CCCCO. The van der Waals surface area contributed by atoms with Gasteiger partial charge in [-0.15, -0.1) is 0 Å². The van der Waals surface area contributed by atoms with E-state index in [1.54, 1.807) is 0 Å². The Bertz CT molecular complexity index is 794. The lowest BCUT2D eigenvalue weighted by molar-refractivity contribution is -0.146. The number of carbonyl (C=O) groups is 2. The smallest absolute Gasteiger partial charge is 0.305 e. The van der Waals surface area contributed by atoms with Gasteiger partial charge in [0.2, 0.25) is 0 Å². The van der Waals surface area contributed by atoms with Crippen molar-refractivity contribution in [1.29, 1.82) is 0 Å². The number of hydrogen-bond donors (Lipinski definition) is 1. The lowest BCUT2D eigenvalue weighted by Crippen LogP contribution is -2.23. The fraction of sp³-hybridized carbons (Fsp3) is 0.962. The van der Waals surface area contributed by atoms with Crippen molar-refractivity contribution in [3.05, 3.63) is 0 Å². The van der Waals surface area contributed by atoms with Gasteiger partial charge in [0.25, 0.3) is 0 Å². The highest BCUT2D eigenvalue weighted by molar-refractivity contribution is 5.69. The molecule has 2 unspecified atom stereocenters. The Balaban J connectivity index is 4.66. The first-order chi connectivity index (χ1) is 28.4. The van der Waals surface area contributed by atoms with Crippen LogP contribution in [-0.2, 0) is 19.1 Å². The van der Waals surface area contributed by atoms with Gasteiger partial charge in [0.15, 0.2) is 0 Å². The molecule has 0 saturated carbocycles. The third-order valence-electron chi connectivity index (χ3n) is 12.7. The summed E-state index contributed by atoms with van der Waals surface area (Å²) in [4.78, 5) is 27.9. The van der Waals surface area contributed by atoms with E-state index in [0.717, 1.165) is 64.5 Å². The first kappa shape index (κ1) is 56.9. The van der Waals surface area contributed by atoms with Crippen molar-refractivity contribution in [2.75, 3.05) is 40.0 Å². The summed E-state index contributed by atoms with van der Waals surface area (Å²) in [5, 5.41) is 9.20. The second-order valence-corrected chi connectivity index (χ2v) is 18.5. The summed E-state index contributed by atoms with van der Waals surface area (Å²) in [7, 11) is 2.21. The van der Waals surface area contributed by atoms with Gasteiger partial charge in [-0.1, -0.05) is 195 Å². The Hall–Kier alpha value is -1.14. The van der Waals surface area contributed by atoms with Crippen LogP contribution >= 0.6 is 0 Å². The van der Waals surface area contributed by atoms with Gasteiger partial charge in [-0.05, 0) is 95.7 Å². The topological polar surface area (TPSA) is 76.1 Å². The summed E-state index contributed by atoms with van der Waals surface area (Å²) in [5.41, 5.74) is 0. The predicted molar refractivity (Wildman–Crippen MR) is 250 cm³/mol. The molecule has 346 valence electrons. The minimum atomic E-state index is 0.00128. The molecule has 6 heteroatoms. The van der Waals surface area contributed by atoms with E-state index >= 15 is 0 Å². The molecular formula is C52H103NO5.